The van der Waals surface area contributed by atoms with Gasteiger partial charge in [-0.3, -0.25) is 0 Å². The molecule has 106 valence electrons. The first-order valence-corrected chi connectivity index (χ1v) is 7.67. The molecule has 0 saturated carbocycles. The van der Waals surface area contributed by atoms with Crippen LogP contribution in [0, 0.1) is 5.92 Å². The predicted octanol–water partition coefficient (Wildman–Crippen LogP) is 3.72. The van der Waals surface area contributed by atoms with Gasteiger partial charge in [0.05, 0.1) is 0 Å². The van der Waals surface area contributed by atoms with E-state index in [-0.39, 0.29) is 0 Å². The predicted molar refractivity (Wildman–Crippen MR) is 80.4 cm³/mol. The molecule has 0 heterocycles. The highest BCUT2D eigenvalue weighted by Gasteiger charge is 2.26. The van der Waals surface area contributed by atoms with Crippen molar-refractivity contribution in [3.05, 3.63) is 35.4 Å². The van der Waals surface area contributed by atoms with E-state index in [1.54, 1.807) is 7.11 Å². The van der Waals surface area contributed by atoms with E-state index < -0.39 is 0 Å². The third-order valence-electron chi connectivity index (χ3n) is 4.19. The fraction of sp³-hybridized carbons (Fsp3) is 0.647. The van der Waals surface area contributed by atoms with E-state index in [0.29, 0.717) is 12.0 Å². The van der Waals surface area contributed by atoms with Gasteiger partial charge in [-0.25, -0.2) is 0 Å². The van der Waals surface area contributed by atoms with Gasteiger partial charge < -0.3 is 10.1 Å². The van der Waals surface area contributed by atoms with Crippen molar-refractivity contribution in [2.45, 2.75) is 45.1 Å². The van der Waals surface area contributed by atoms with Gasteiger partial charge in [0.1, 0.15) is 0 Å². The SMILES string of the molecule is CCCNC1c2ccccc2CCCC1CCOC. The molecule has 0 fully saturated rings. The van der Waals surface area contributed by atoms with Gasteiger partial charge in [-0.05, 0) is 55.7 Å². The maximum Gasteiger partial charge on any atom is 0.0465 e. The molecule has 1 aromatic rings. The molecule has 2 atom stereocenters. The lowest BCUT2D eigenvalue weighted by Crippen LogP contribution is -2.29. The topological polar surface area (TPSA) is 21.3 Å². The van der Waals surface area contributed by atoms with Crippen molar-refractivity contribution in [1.82, 2.24) is 5.32 Å². The molecule has 0 saturated heterocycles. The molecule has 2 rings (SSSR count). The zero-order valence-electron chi connectivity index (χ0n) is 12.3. The molecule has 0 radical (unpaired) electrons. The summed E-state index contributed by atoms with van der Waals surface area (Å²) in [7, 11) is 1.80. The Morgan fingerprint density at radius 1 is 1.32 bits per heavy atom. The first kappa shape index (κ1) is 14.5. The first-order chi connectivity index (χ1) is 9.36. The van der Waals surface area contributed by atoms with E-state index in [1.807, 2.05) is 0 Å². The van der Waals surface area contributed by atoms with Gasteiger partial charge in [-0.2, -0.15) is 0 Å². The quantitative estimate of drug-likeness (QED) is 0.788. The normalized spacial score (nSPS) is 22.8. The average molecular weight is 261 g/mol. The molecule has 0 aromatic heterocycles. The fourth-order valence-electron chi connectivity index (χ4n) is 3.20. The summed E-state index contributed by atoms with van der Waals surface area (Å²) in [4.78, 5) is 0. The summed E-state index contributed by atoms with van der Waals surface area (Å²) in [5, 5.41) is 3.77. The largest absolute Gasteiger partial charge is 0.385 e. The zero-order chi connectivity index (χ0) is 13.5. The van der Waals surface area contributed by atoms with Crippen LogP contribution in [0.5, 0.6) is 0 Å². The molecule has 1 aliphatic carbocycles. The molecule has 19 heavy (non-hydrogen) atoms. The van der Waals surface area contributed by atoms with Crippen molar-refractivity contribution in [2.24, 2.45) is 5.92 Å². The summed E-state index contributed by atoms with van der Waals surface area (Å²) in [6, 6.07) is 9.47. The van der Waals surface area contributed by atoms with Crippen LogP contribution >= 0.6 is 0 Å². The summed E-state index contributed by atoms with van der Waals surface area (Å²) in [6.45, 7) is 4.21. The molecule has 2 nitrogen and oxygen atoms in total. The molecule has 0 bridgehead atoms. The summed E-state index contributed by atoms with van der Waals surface area (Å²) in [5.74, 6) is 0.704. The van der Waals surface area contributed by atoms with Crippen molar-refractivity contribution in [1.29, 1.82) is 0 Å². The minimum absolute atomic E-state index is 0.508. The van der Waals surface area contributed by atoms with Crippen LogP contribution in [0.4, 0.5) is 0 Å². The van der Waals surface area contributed by atoms with Crippen molar-refractivity contribution in [3.63, 3.8) is 0 Å². The molecule has 1 N–H and O–H groups in total. The van der Waals surface area contributed by atoms with E-state index in [2.05, 4.69) is 36.5 Å². The molecule has 1 aliphatic rings. The van der Waals surface area contributed by atoms with Gasteiger partial charge in [0.15, 0.2) is 0 Å². The number of hydrogen-bond acceptors (Lipinski definition) is 2. The summed E-state index contributed by atoms with van der Waals surface area (Å²) >= 11 is 0. The molecule has 1 aromatic carbocycles. The standard InChI is InChI=1S/C17H27NO/c1-3-12-18-17-15(11-13-19-2)9-6-8-14-7-4-5-10-16(14)17/h4-5,7,10,15,17-18H,3,6,8-9,11-13H2,1-2H3. The summed E-state index contributed by atoms with van der Waals surface area (Å²) in [6.07, 6.45) is 6.18. The van der Waals surface area contributed by atoms with Crippen LogP contribution < -0.4 is 5.32 Å². The molecular weight excluding hydrogens is 234 g/mol. The Morgan fingerprint density at radius 2 is 2.16 bits per heavy atom. The van der Waals surface area contributed by atoms with Crippen molar-refractivity contribution >= 4 is 0 Å². The van der Waals surface area contributed by atoms with Crippen LogP contribution in [0.1, 0.15) is 49.8 Å². The monoisotopic (exact) mass is 261 g/mol. The van der Waals surface area contributed by atoms with Crippen LogP contribution in [0.3, 0.4) is 0 Å². The van der Waals surface area contributed by atoms with Crippen molar-refractivity contribution in [2.75, 3.05) is 20.3 Å². The number of methoxy groups -OCH3 is 1. The Kier molecular flexibility index (Phi) is 5.87. The van der Waals surface area contributed by atoms with Gasteiger partial charge in [0.2, 0.25) is 0 Å². The summed E-state index contributed by atoms with van der Waals surface area (Å²) in [5.41, 5.74) is 3.06. The number of ether oxygens (including phenoxy) is 1. The zero-order valence-corrected chi connectivity index (χ0v) is 12.3. The number of hydrogen-bond donors (Lipinski definition) is 1. The lowest BCUT2D eigenvalue weighted by molar-refractivity contribution is 0.162. The molecule has 2 unspecified atom stereocenters. The lowest BCUT2D eigenvalue weighted by atomic mass is 9.88. The third kappa shape index (κ3) is 3.80. The number of fused-ring (bicyclic) bond motifs is 1. The Labute approximate surface area is 117 Å². The minimum atomic E-state index is 0.508. The Bertz CT molecular complexity index is 375. The van der Waals surface area contributed by atoms with Crippen molar-refractivity contribution in [3.8, 4) is 0 Å². The number of rotatable bonds is 6. The lowest BCUT2D eigenvalue weighted by Gasteiger charge is -2.27. The van der Waals surface area contributed by atoms with E-state index in [4.69, 9.17) is 4.74 Å². The minimum Gasteiger partial charge on any atom is -0.385 e. The van der Waals surface area contributed by atoms with Gasteiger partial charge in [-0.1, -0.05) is 31.2 Å². The van der Waals surface area contributed by atoms with Crippen LogP contribution in [0.2, 0.25) is 0 Å². The van der Waals surface area contributed by atoms with Gasteiger partial charge in [0.25, 0.3) is 0 Å². The highest BCUT2D eigenvalue weighted by Crippen LogP contribution is 2.35. The Morgan fingerprint density at radius 3 is 2.95 bits per heavy atom. The average Bonchev–Trinajstić information content (AvgIpc) is 2.62. The molecule has 0 amide bonds. The van der Waals surface area contributed by atoms with E-state index in [0.717, 1.165) is 19.6 Å². The second kappa shape index (κ2) is 7.66. The smallest absolute Gasteiger partial charge is 0.0465 e. The highest BCUT2D eigenvalue weighted by atomic mass is 16.5. The maximum atomic E-state index is 5.30. The Hall–Kier alpha value is -0.860. The number of nitrogens with one attached hydrogen (secondary N) is 1. The maximum absolute atomic E-state index is 5.30. The van der Waals surface area contributed by atoms with E-state index in [1.165, 1.54) is 36.8 Å². The van der Waals surface area contributed by atoms with Gasteiger partial charge in [0, 0.05) is 19.8 Å². The second-order valence-electron chi connectivity index (χ2n) is 5.56. The van der Waals surface area contributed by atoms with Crippen LogP contribution in [-0.4, -0.2) is 20.3 Å². The molecular formula is C17H27NO. The van der Waals surface area contributed by atoms with Crippen LogP contribution in [0.25, 0.3) is 0 Å². The highest BCUT2D eigenvalue weighted by molar-refractivity contribution is 5.31. The molecule has 0 spiro atoms. The third-order valence-corrected chi connectivity index (χ3v) is 4.19. The van der Waals surface area contributed by atoms with E-state index >= 15 is 0 Å². The number of aryl methyl sites for hydroxylation is 1. The number of benzene rings is 1. The van der Waals surface area contributed by atoms with E-state index in [9.17, 15) is 0 Å². The van der Waals surface area contributed by atoms with Crippen molar-refractivity contribution < 1.29 is 4.74 Å². The van der Waals surface area contributed by atoms with Gasteiger partial charge >= 0.3 is 0 Å². The summed E-state index contributed by atoms with van der Waals surface area (Å²) < 4.78 is 5.30. The Balaban J connectivity index is 2.19. The first-order valence-electron chi connectivity index (χ1n) is 7.67. The van der Waals surface area contributed by atoms with Gasteiger partial charge in [-0.15, -0.1) is 0 Å². The van der Waals surface area contributed by atoms with Crippen LogP contribution in [-0.2, 0) is 11.2 Å². The van der Waals surface area contributed by atoms with Crippen LogP contribution in [0.15, 0.2) is 24.3 Å². The molecule has 2 heteroatoms. The second-order valence-corrected chi connectivity index (χ2v) is 5.56. The fourth-order valence-corrected chi connectivity index (χ4v) is 3.20. The molecule has 0 aliphatic heterocycles.